The second-order valence-electron chi connectivity index (χ2n) is 4.30. The third-order valence-corrected chi connectivity index (χ3v) is 2.95. The van der Waals surface area contributed by atoms with Gasteiger partial charge in [0.05, 0.1) is 11.1 Å². The van der Waals surface area contributed by atoms with E-state index in [0.717, 1.165) is 11.3 Å². The van der Waals surface area contributed by atoms with Crippen LogP contribution < -0.4 is 5.32 Å². The van der Waals surface area contributed by atoms with Crippen LogP contribution in [0.1, 0.15) is 11.3 Å². The molecule has 0 amide bonds. The van der Waals surface area contributed by atoms with Gasteiger partial charge in [0, 0.05) is 29.9 Å². The lowest BCUT2D eigenvalue weighted by atomic mass is 10.3. The number of nitro groups is 1. The Morgan fingerprint density at radius 3 is 3.05 bits per heavy atom. The van der Waals surface area contributed by atoms with Gasteiger partial charge in [-0.15, -0.1) is 0 Å². The van der Waals surface area contributed by atoms with Gasteiger partial charge in [-0.3, -0.25) is 15.2 Å². The summed E-state index contributed by atoms with van der Waals surface area (Å²) in [5.74, 6) is 0. The molecule has 102 valence electrons. The minimum absolute atomic E-state index is 0.0111. The minimum Gasteiger partial charge on any atom is -0.424 e. The lowest BCUT2D eigenvalue weighted by Crippen LogP contribution is -1.99. The molecule has 0 saturated carbocycles. The molecule has 3 rings (SSSR count). The fourth-order valence-electron chi connectivity index (χ4n) is 1.83. The van der Waals surface area contributed by atoms with Crippen molar-refractivity contribution in [1.82, 2.24) is 15.2 Å². The number of benzene rings is 1. The quantitative estimate of drug-likeness (QED) is 0.557. The van der Waals surface area contributed by atoms with Crippen molar-refractivity contribution in [2.24, 2.45) is 0 Å². The molecule has 2 aromatic heterocycles. The van der Waals surface area contributed by atoms with Crippen molar-refractivity contribution in [2.45, 2.75) is 13.5 Å². The largest absolute Gasteiger partial charge is 0.424 e. The number of aryl methyl sites for hydroxylation is 1. The molecular formula is C12H11N5O3. The van der Waals surface area contributed by atoms with E-state index in [1.54, 1.807) is 6.20 Å². The first kappa shape index (κ1) is 12.2. The predicted molar refractivity (Wildman–Crippen MR) is 71.3 cm³/mol. The molecule has 0 saturated heterocycles. The summed E-state index contributed by atoms with van der Waals surface area (Å²) in [4.78, 5) is 14.4. The van der Waals surface area contributed by atoms with E-state index in [0.29, 0.717) is 23.7 Å². The molecule has 0 atom stereocenters. The van der Waals surface area contributed by atoms with Gasteiger partial charge in [0.1, 0.15) is 5.52 Å². The molecule has 1 aromatic carbocycles. The molecule has 8 nitrogen and oxygen atoms in total. The molecule has 0 aliphatic rings. The first-order valence-electron chi connectivity index (χ1n) is 5.91. The number of hydrogen-bond donors (Lipinski definition) is 2. The fraction of sp³-hybridized carbons (Fsp3) is 0.167. The summed E-state index contributed by atoms with van der Waals surface area (Å²) in [6, 6.07) is 4.63. The van der Waals surface area contributed by atoms with E-state index in [4.69, 9.17) is 4.42 Å². The monoisotopic (exact) mass is 273 g/mol. The standard InChI is InChI=1S/C12H11N5O3/c1-7-8(6-14-16-7)5-13-12-15-10-4-9(17(18)19)2-3-11(10)20-12/h2-4,6H,5H2,1H3,(H,13,15)(H,14,16). The van der Waals surface area contributed by atoms with Gasteiger partial charge in [-0.25, -0.2) is 0 Å². The molecule has 0 aliphatic heterocycles. The van der Waals surface area contributed by atoms with Crippen LogP contribution >= 0.6 is 0 Å². The Bertz CT molecular complexity index is 776. The van der Waals surface area contributed by atoms with Crippen molar-refractivity contribution in [2.75, 3.05) is 5.32 Å². The molecule has 0 bridgehead atoms. The second-order valence-corrected chi connectivity index (χ2v) is 4.30. The molecule has 0 aliphatic carbocycles. The van der Waals surface area contributed by atoms with Crippen LogP contribution in [0, 0.1) is 17.0 Å². The molecule has 8 heteroatoms. The van der Waals surface area contributed by atoms with E-state index in [2.05, 4.69) is 20.5 Å². The molecule has 3 aromatic rings. The zero-order chi connectivity index (χ0) is 14.1. The Morgan fingerprint density at radius 2 is 2.35 bits per heavy atom. The lowest BCUT2D eigenvalue weighted by Gasteiger charge is -1.99. The number of aromatic nitrogens is 3. The number of H-pyrrole nitrogens is 1. The lowest BCUT2D eigenvalue weighted by molar-refractivity contribution is -0.384. The van der Waals surface area contributed by atoms with Gasteiger partial charge in [0.25, 0.3) is 11.7 Å². The maximum atomic E-state index is 10.7. The summed E-state index contributed by atoms with van der Waals surface area (Å²) in [5.41, 5.74) is 2.90. The van der Waals surface area contributed by atoms with Gasteiger partial charge in [0.2, 0.25) is 0 Å². The van der Waals surface area contributed by atoms with Gasteiger partial charge in [-0.2, -0.15) is 10.1 Å². The van der Waals surface area contributed by atoms with Crippen LogP contribution in [0.3, 0.4) is 0 Å². The number of anilines is 1. The molecule has 20 heavy (non-hydrogen) atoms. The fourth-order valence-corrected chi connectivity index (χ4v) is 1.83. The van der Waals surface area contributed by atoms with E-state index in [9.17, 15) is 10.1 Å². The zero-order valence-corrected chi connectivity index (χ0v) is 10.6. The SMILES string of the molecule is Cc1[nH]ncc1CNc1nc2cc([N+](=O)[O-])ccc2o1. The summed E-state index contributed by atoms with van der Waals surface area (Å²) >= 11 is 0. The van der Waals surface area contributed by atoms with Crippen molar-refractivity contribution < 1.29 is 9.34 Å². The Hall–Kier alpha value is -2.90. The molecular weight excluding hydrogens is 262 g/mol. The highest BCUT2D eigenvalue weighted by molar-refractivity contribution is 5.77. The first-order chi connectivity index (χ1) is 9.63. The predicted octanol–water partition coefficient (Wildman–Crippen LogP) is 2.38. The first-order valence-corrected chi connectivity index (χ1v) is 5.91. The average molecular weight is 273 g/mol. The van der Waals surface area contributed by atoms with E-state index >= 15 is 0 Å². The highest BCUT2D eigenvalue weighted by atomic mass is 16.6. The summed E-state index contributed by atoms with van der Waals surface area (Å²) < 4.78 is 5.47. The van der Waals surface area contributed by atoms with Crippen molar-refractivity contribution >= 4 is 22.8 Å². The van der Waals surface area contributed by atoms with Gasteiger partial charge in [-0.1, -0.05) is 0 Å². The highest BCUT2D eigenvalue weighted by Crippen LogP contribution is 2.23. The van der Waals surface area contributed by atoms with Crippen molar-refractivity contribution in [1.29, 1.82) is 0 Å². The number of nitrogens with one attached hydrogen (secondary N) is 2. The molecule has 0 unspecified atom stereocenters. The number of nitro benzene ring substituents is 1. The summed E-state index contributed by atoms with van der Waals surface area (Å²) in [5, 5.41) is 20.5. The Balaban J connectivity index is 1.82. The van der Waals surface area contributed by atoms with Crippen LogP contribution in [0.2, 0.25) is 0 Å². The van der Waals surface area contributed by atoms with Crippen molar-refractivity contribution in [3.05, 3.63) is 45.8 Å². The zero-order valence-electron chi connectivity index (χ0n) is 10.6. The van der Waals surface area contributed by atoms with Crippen LogP contribution in [0.15, 0.2) is 28.8 Å². The van der Waals surface area contributed by atoms with Crippen molar-refractivity contribution in [3.63, 3.8) is 0 Å². The van der Waals surface area contributed by atoms with E-state index in [-0.39, 0.29) is 5.69 Å². The number of oxazole rings is 1. The highest BCUT2D eigenvalue weighted by Gasteiger charge is 2.11. The van der Waals surface area contributed by atoms with Gasteiger partial charge < -0.3 is 9.73 Å². The molecule has 0 fully saturated rings. The summed E-state index contributed by atoms with van der Waals surface area (Å²) in [6.45, 7) is 2.43. The molecule has 0 spiro atoms. The molecule has 0 radical (unpaired) electrons. The number of rotatable bonds is 4. The number of aromatic amines is 1. The smallest absolute Gasteiger partial charge is 0.295 e. The van der Waals surface area contributed by atoms with Crippen LogP contribution in [-0.2, 0) is 6.54 Å². The van der Waals surface area contributed by atoms with Crippen LogP contribution in [-0.4, -0.2) is 20.1 Å². The van der Waals surface area contributed by atoms with E-state index in [1.807, 2.05) is 6.92 Å². The number of hydrogen-bond acceptors (Lipinski definition) is 6. The van der Waals surface area contributed by atoms with E-state index in [1.165, 1.54) is 18.2 Å². The van der Waals surface area contributed by atoms with E-state index < -0.39 is 4.92 Å². The van der Waals surface area contributed by atoms with Crippen LogP contribution in [0.5, 0.6) is 0 Å². The van der Waals surface area contributed by atoms with Gasteiger partial charge in [-0.05, 0) is 13.0 Å². The molecule has 2 N–H and O–H groups in total. The number of non-ortho nitro benzene ring substituents is 1. The topological polar surface area (TPSA) is 110 Å². The average Bonchev–Trinajstić information content (AvgIpc) is 3.00. The Kier molecular flexibility index (Phi) is 2.82. The summed E-state index contributed by atoms with van der Waals surface area (Å²) in [7, 11) is 0. The van der Waals surface area contributed by atoms with Gasteiger partial charge >= 0.3 is 0 Å². The third kappa shape index (κ3) is 2.18. The van der Waals surface area contributed by atoms with Crippen LogP contribution in [0.4, 0.5) is 11.7 Å². The number of nitrogens with zero attached hydrogens (tertiary/aromatic N) is 3. The maximum absolute atomic E-state index is 10.7. The second kappa shape index (κ2) is 4.65. The third-order valence-electron chi connectivity index (χ3n) is 2.95. The number of fused-ring (bicyclic) bond motifs is 1. The maximum Gasteiger partial charge on any atom is 0.295 e. The Labute approximate surface area is 113 Å². The Morgan fingerprint density at radius 1 is 1.50 bits per heavy atom. The minimum atomic E-state index is -0.462. The molecule has 2 heterocycles. The van der Waals surface area contributed by atoms with Crippen molar-refractivity contribution in [3.8, 4) is 0 Å². The van der Waals surface area contributed by atoms with Crippen LogP contribution in [0.25, 0.3) is 11.1 Å². The van der Waals surface area contributed by atoms with Gasteiger partial charge in [0.15, 0.2) is 5.58 Å². The summed E-state index contributed by atoms with van der Waals surface area (Å²) in [6.07, 6.45) is 1.72. The normalized spacial score (nSPS) is 10.8.